The van der Waals surface area contributed by atoms with Crippen molar-refractivity contribution >= 4 is 11.7 Å². The van der Waals surface area contributed by atoms with Crippen LogP contribution in [0.15, 0.2) is 46.9 Å². The quantitative estimate of drug-likeness (QED) is 0.848. The summed E-state index contributed by atoms with van der Waals surface area (Å²) < 4.78 is 0. The van der Waals surface area contributed by atoms with Crippen molar-refractivity contribution in [1.82, 2.24) is 10.2 Å². The van der Waals surface area contributed by atoms with Crippen LogP contribution in [0.2, 0.25) is 0 Å². The third kappa shape index (κ3) is 2.45. The molecule has 1 aliphatic carbocycles. The molecule has 0 spiro atoms. The van der Waals surface area contributed by atoms with Gasteiger partial charge in [0, 0.05) is 17.7 Å². The molecular weight excluding hydrogens is 326 g/mol. The van der Waals surface area contributed by atoms with Crippen molar-refractivity contribution in [1.29, 1.82) is 5.26 Å². The van der Waals surface area contributed by atoms with Crippen LogP contribution in [0.1, 0.15) is 43.7 Å². The molecule has 0 saturated carbocycles. The van der Waals surface area contributed by atoms with Gasteiger partial charge >= 0.3 is 0 Å². The Bertz CT molecular complexity index is 929. The maximum atomic E-state index is 13.1. The van der Waals surface area contributed by atoms with E-state index in [0.717, 1.165) is 16.8 Å². The lowest BCUT2D eigenvalue weighted by molar-refractivity contribution is -0.120. The van der Waals surface area contributed by atoms with E-state index in [2.05, 4.69) is 25.2 Å². The molecule has 2 aliphatic heterocycles. The van der Waals surface area contributed by atoms with E-state index in [1.807, 2.05) is 36.1 Å². The molecule has 1 atom stereocenters. The molecule has 1 saturated heterocycles. The summed E-state index contributed by atoms with van der Waals surface area (Å²) in [5, 5.41) is 12.7. The molecule has 4 rings (SSSR count). The molecule has 0 bridgehead atoms. The first-order valence-corrected chi connectivity index (χ1v) is 8.85. The number of fused-ring (bicyclic) bond motifs is 2. The predicted octanol–water partition coefficient (Wildman–Crippen LogP) is 2.90. The SMILES string of the molecule is Cc1ccc(C2C(C#N)=C3NC(=O)CN3C3=C2C(=O)CC(C)(C)C3)cc1. The van der Waals surface area contributed by atoms with Gasteiger partial charge in [0.2, 0.25) is 5.91 Å². The maximum Gasteiger partial charge on any atom is 0.245 e. The van der Waals surface area contributed by atoms with E-state index in [1.54, 1.807) is 0 Å². The highest BCUT2D eigenvalue weighted by Gasteiger charge is 2.47. The van der Waals surface area contributed by atoms with Gasteiger partial charge in [0.05, 0.1) is 17.6 Å². The van der Waals surface area contributed by atoms with Crippen LogP contribution in [0.25, 0.3) is 0 Å². The van der Waals surface area contributed by atoms with Crippen LogP contribution in [0.4, 0.5) is 0 Å². The smallest absolute Gasteiger partial charge is 0.245 e. The van der Waals surface area contributed by atoms with Crippen LogP contribution < -0.4 is 5.32 Å². The van der Waals surface area contributed by atoms with E-state index in [9.17, 15) is 14.9 Å². The van der Waals surface area contributed by atoms with E-state index in [0.29, 0.717) is 29.8 Å². The van der Waals surface area contributed by atoms with Crippen molar-refractivity contribution in [2.45, 2.75) is 39.5 Å². The van der Waals surface area contributed by atoms with Gasteiger partial charge < -0.3 is 10.2 Å². The monoisotopic (exact) mass is 347 g/mol. The molecule has 26 heavy (non-hydrogen) atoms. The second-order valence-electron chi connectivity index (χ2n) is 8.15. The van der Waals surface area contributed by atoms with Crippen molar-refractivity contribution in [3.63, 3.8) is 0 Å². The van der Waals surface area contributed by atoms with Crippen molar-refractivity contribution in [3.05, 3.63) is 58.1 Å². The fourth-order valence-electron chi connectivity index (χ4n) is 4.27. The number of allylic oxidation sites excluding steroid dienone is 3. The summed E-state index contributed by atoms with van der Waals surface area (Å²) in [7, 11) is 0. The Hall–Kier alpha value is -2.87. The number of Topliss-reactive ketones (excluding diaryl/α,β-unsaturated/α-hetero) is 1. The van der Waals surface area contributed by atoms with Crippen LogP contribution in [0.3, 0.4) is 0 Å². The number of nitrogens with zero attached hydrogens (tertiary/aromatic N) is 2. The third-order valence-electron chi connectivity index (χ3n) is 5.42. The van der Waals surface area contributed by atoms with Gasteiger partial charge in [-0.2, -0.15) is 5.26 Å². The summed E-state index contributed by atoms with van der Waals surface area (Å²) in [5.74, 6) is 0.0733. The van der Waals surface area contributed by atoms with Gasteiger partial charge in [-0.15, -0.1) is 0 Å². The Morgan fingerprint density at radius 2 is 1.88 bits per heavy atom. The van der Waals surface area contributed by atoms with Crippen LogP contribution in [0, 0.1) is 23.7 Å². The van der Waals surface area contributed by atoms with Gasteiger partial charge in [0.25, 0.3) is 0 Å². The number of rotatable bonds is 1. The number of nitriles is 1. The molecule has 132 valence electrons. The number of nitrogens with one attached hydrogen (secondary N) is 1. The molecule has 5 nitrogen and oxygen atoms in total. The summed E-state index contributed by atoms with van der Waals surface area (Å²) >= 11 is 0. The third-order valence-corrected chi connectivity index (χ3v) is 5.42. The number of amides is 1. The molecule has 1 aromatic carbocycles. The normalized spacial score (nSPS) is 24.2. The van der Waals surface area contributed by atoms with Gasteiger partial charge in [-0.05, 0) is 24.3 Å². The summed E-state index contributed by atoms with van der Waals surface area (Å²) in [4.78, 5) is 27.0. The largest absolute Gasteiger partial charge is 0.321 e. The first-order chi connectivity index (χ1) is 12.3. The Kier molecular flexibility index (Phi) is 3.55. The molecule has 3 aliphatic rings. The molecule has 1 amide bonds. The average Bonchev–Trinajstić information content (AvgIpc) is 2.95. The zero-order valence-corrected chi connectivity index (χ0v) is 15.2. The molecule has 0 aromatic heterocycles. The minimum atomic E-state index is -0.413. The number of aryl methyl sites for hydroxylation is 1. The molecule has 5 heteroatoms. The summed E-state index contributed by atoms with van der Waals surface area (Å²) in [6.45, 7) is 6.32. The first kappa shape index (κ1) is 16.6. The van der Waals surface area contributed by atoms with Crippen LogP contribution >= 0.6 is 0 Å². The van der Waals surface area contributed by atoms with Gasteiger partial charge in [-0.3, -0.25) is 9.59 Å². The second kappa shape index (κ2) is 5.57. The lowest BCUT2D eigenvalue weighted by atomic mass is 9.68. The minimum absolute atomic E-state index is 0.0768. The zero-order chi connectivity index (χ0) is 18.6. The van der Waals surface area contributed by atoms with Gasteiger partial charge in [0.15, 0.2) is 5.78 Å². The fourth-order valence-corrected chi connectivity index (χ4v) is 4.27. The Labute approximate surface area is 153 Å². The highest BCUT2D eigenvalue weighted by atomic mass is 16.2. The Balaban J connectivity index is 1.96. The minimum Gasteiger partial charge on any atom is -0.321 e. The van der Waals surface area contributed by atoms with Gasteiger partial charge in [-0.25, -0.2) is 0 Å². The van der Waals surface area contributed by atoms with Gasteiger partial charge in [0.1, 0.15) is 12.4 Å². The summed E-state index contributed by atoms with van der Waals surface area (Å²) in [5.41, 5.74) is 3.91. The maximum absolute atomic E-state index is 13.1. The molecular formula is C21H21N3O2. The number of benzene rings is 1. The van der Waals surface area contributed by atoms with Crippen molar-refractivity contribution in [2.24, 2.45) is 5.41 Å². The van der Waals surface area contributed by atoms with E-state index >= 15 is 0 Å². The molecule has 1 fully saturated rings. The predicted molar refractivity (Wildman–Crippen MR) is 96.5 cm³/mol. The molecule has 1 N–H and O–H groups in total. The van der Waals surface area contributed by atoms with E-state index in [1.165, 1.54) is 0 Å². The highest BCUT2D eigenvalue weighted by Crippen LogP contribution is 2.49. The Morgan fingerprint density at radius 1 is 1.19 bits per heavy atom. The van der Waals surface area contributed by atoms with Crippen LogP contribution in [-0.2, 0) is 9.59 Å². The molecule has 0 radical (unpaired) electrons. The second-order valence-corrected chi connectivity index (χ2v) is 8.15. The first-order valence-electron chi connectivity index (χ1n) is 8.85. The van der Waals surface area contributed by atoms with Crippen LogP contribution in [-0.4, -0.2) is 23.1 Å². The number of hydrogen-bond donors (Lipinski definition) is 1. The number of ketones is 1. The summed E-state index contributed by atoms with van der Waals surface area (Å²) in [6, 6.07) is 10.2. The van der Waals surface area contributed by atoms with E-state index < -0.39 is 5.92 Å². The van der Waals surface area contributed by atoms with Crippen molar-refractivity contribution in [3.8, 4) is 6.07 Å². The molecule has 2 heterocycles. The molecule has 1 aromatic rings. The average molecular weight is 347 g/mol. The number of carbonyl (C=O) groups is 2. The number of hydrogen-bond acceptors (Lipinski definition) is 4. The lowest BCUT2D eigenvalue weighted by Crippen LogP contribution is -2.39. The topological polar surface area (TPSA) is 73.2 Å². The van der Waals surface area contributed by atoms with Gasteiger partial charge in [-0.1, -0.05) is 43.7 Å². The van der Waals surface area contributed by atoms with Crippen molar-refractivity contribution < 1.29 is 9.59 Å². The van der Waals surface area contributed by atoms with E-state index in [4.69, 9.17) is 0 Å². The zero-order valence-electron chi connectivity index (χ0n) is 15.2. The van der Waals surface area contributed by atoms with Crippen LogP contribution in [0.5, 0.6) is 0 Å². The fraction of sp³-hybridized carbons (Fsp3) is 0.381. The highest BCUT2D eigenvalue weighted by molar-refractivity contribution is 6.01. The Morgan fingerprint density at radius 3 is 2.54 bits per heavy atom. The van der Waals surface area contributed by atoms with E-state index in [-0.39, 0.29) is 23.7 Å². The summed E-state index contributed by atoms with van der Waals surface area (Å²) in [6.07, 6.45) is 1.17. The van der Waals surface area contributed by atoms with Crippen molar-refractivity contribution in [2.75, 3.05) is 6.54 Å². The molecule has 1 unspecified atom stereocenters. The lowest BCUT2D eigenvalue weighted by Gasteiger charge is -2.41. The standard InChI is InChI=1S/C21H21N3O2/c1-12-4-6-13(7-5-12)18-14(10-22)20-23-17(26)11-24(20)15-8-21(2,3)9-16(25)19(15)18/h4-7,18H,8-9,11H2,1-3H3,(H,23,26). The number of carbonyl (C=O) groups excluding carboxylic acids is 2.